The molecule has 0 bridgehead atoms. The molecule has 1 aliphatic heterocycles. The van der Waals surface area contributed by atoms with Gasteiger partial charge in [-0.05, 0) is 58.2 Å². The SMILES string of the molecule is Cc1ccc2oc(C3(O)CCN(C(O)OC(C)(C)C)CC3)nc2c1. The summed E-state index contributed by atoms with van der Waals surface area (Å²) in [5.41, 5.74) is 1.02. The van der Waals surface area contributed by atoms with Crippen molar-refractivity contribution in [3.63, 3.8) is 0 Å². The zero-order valence-corrected chi connectivity index (χ0v) is 14.7. The van der Waals surface area contributed by atoms with Crippen molar-refractivity contribution in [2.24, 2.45) is 0 Å². The minimum Gasteiger partial charge on any atom is -0.438 e. The van der Waals surface area contributed by atoms with Gasteiger partial charge in [-0.3, -0.25) is 4.90 Å². The number of aliphatic hydroxyl groups excluding tert-OH is 1. The molecule has 2 N–H and O–H groups in total. The Morgan fingerprint density at radius 2 is 1.96 bits per heavy atom. The molecular formula is C18H26N2O4. The van der Waals surface area contributed by atoms with Gasteiger partial charge in [0, 0.05) is 13.1 Å². The number of rotatable bonds is 3. The third-order valence-electron chi connectivity index (χ3n) is 4.34. The molecule has 0 spiro atoms. The lowest BCUT2D eigenvalue weighted by Crippen LogP contribution is -2.49. The Balaban J connectivity index is 1.71. The van der Waals surface area contributed by atoms with Crippen LogP contribution in [0.15, 0.2) is 22.6 Å². The molecule has 1 aromatic carbocycles. The Morgan fingerprint density at radius 1 is 1.29 bits per heavy atom. The number of piperidine rings is 1. The first-order chi connectivity index (χ1) is 11.2. The van der Waals surface area contributed by atoms with E-state index in [1.54, 1.807) is 0 Å². The molecule has 1 atom stereocenters. The minimum atomic E-state index is -1.11. The number of hydrogen-bond donors (Lipinski definition) is 2. The molecule has 1 aromatic heterocycles. The van der Waals surface area contributed by atoms with Gasteiger partial charge < -0.3 is 19.4 Å². The van der Waals surface area contributed by atoms with Crippen molar-refractivity contribution in [2.45, 2.75) is 58.2 Å². The van der Waals surface area contributed by atoms with Crippen LogP contribution in [0, 0.1) is 6.92 Å². The zero-order chi connectivity index (χ0) is 17.5. The van der Waals surface area contributed by atoms with Gasteiger partial charge in [0.2, 0.25) is 12.3 Å². The van der Waals surface area contributed by atoms with Gasteiger partial charge in [-0.25, -0.2) is 4.98 Å². The summed E-state index contributed by atoms with van der Waals surface area (Å²) >= 11 is 0. The van der Waals surface area contributed by atoms with Crippen LogP contribution in [0.3, 0.4) is 0 Å². The van der Waals surface area contributed by atoms with Crippen LogP contribution in [-0.2, 0) is 10.3 Å². The Labute approximate surface area is 142 Å². The molecule has 132 valence electrons. The lowest BCUT2D eigenvalue weighted by molar-refractivity contribution is -0.249. The van der Waals surface area contributed by atoms with E-state index in [4.69, 9.17) is 9.15 Å². The predicted octanol–water partition coefficient (Wildman–Crippen LogP) is 2.51. The molecule has 6 nitrogen and oxygen atoms in total. The van der Waals surface area contributed by atoms with Gasteiger partial charge in [0.1, 0.15) is 11.1 Å². The third-order valence-corrected chi connectivity index (χ3v) is 4.34. The van der Waals surface area contributed by atoms with Crippen LogP contribution in [0.1, 0.15) is 45.1 Å². The number of nitrogens with zero attached hydrogens (tertiary/aromatic N) is 2. The lowest BCUT2D eigenvalue weighted by atomic mass is 9.91. The fourth-order valence-corrected chi connectivity index (χ4v) is 2.96. The molecule has 3 rings (SSSR count). The third kappa shape index (κ3) is 3.62. The molecule has 2 heterocycles. The van der Waals surface area contributed by atoms with Crippen molar-refractivity contribution in [3.8, 4) is 0 Å². The minimum absolute atomic E-state index is 0.356. The Morgan fingerprint density at radius 3 is 2.58 bits per heavy atom. The fourth-order valence-electron chi connectivity index (χ4n) is 2.96. The molecule has 0 radical (unpaired) electrons. The number of likely N-dealkylation sites (tertiary alicyclic amines) is 1. The van der Waals surface area contributed by atoms with Crippen LogP contribution < -0.4 is 0 Å². The van der Waals surface area contributed by atoms with Gasteiger partial charge in [0.05, 0.1) is 5.60 Å². The van der Waals surface area contributed by atoms with Crippen LogP contribution in [0.25, 0.3) is 11.1 Å². The van der Waals surface area contributed by atoms with Crippen molar-refractivity contribution in [1.82, 2.24) is 9.88 Å². The summed E-state index contributed by atoms with van der Waals surface area (Å²) in [7, 11) is 0. The molecule has 6 heteroatoms. The summed E-state index contributed by atoms with van der Waals surface area (Å²) in [4.78, 5) is 6.28. The number of aryl methyl sites for hydroxylation is 1. The highest BCUT2D eigenvalue weighted by atomic mass is 16.6. The van der Waals surface area contributed by atoms with E-state index < -0.39 is 17.6 Å². The van der Waals surface area contributed by atoms with Gasteiger partial charge in [-0.2, -0.15) is 0 Å². The summed E-state index contributed by atoms with van der Waals surface area (Å²) in [6.45, 7) is 8.71. The van der Waals surface area contributed by atoms with Crippen molar-refractivity contribution in [3.05, 3.63) is 29.7 Å². The maximum atomic E-state index is 10.9. The van der Waals surface area contributed by atoms with Gasteiger partial charge in [-0.1, -0.05) is 6.07 Å². The number of ether oxygens (including phenoxy) is 1. The summed E-state index contributed by atoms with van der Waals surface area (Å²) in [6, 6.07) is 5.78. The molecule has 2 aromatic rings. The summed E-state index contributed by atoms with van der Waals surface area (Å²) < 4.78 is 11.3. The Hall–Kier alpha value is -1.47. The van der Waals surface area contributed by atoms with E-state index in [0.717, 1.165) is 11.1 Å². The number of oxazole rings is 1. The second-order valence-corrected chi connectivity index (χ2v) is 7.61. The highest BCUT2D eigenvalue weighted by Crippen LogP contribution is 2.35. The standard InChI is InChI=1S/C18H26N2O4/c1-12-5-6-14-13(11-12)19-15(23-14)18(22)7-9-20(10-8-18)16(21)24-17(2,3)4/h5-6,11,16,21-22H,7-10H2,1-4H3. The first-order valence-electron chi connectivity index (χ1n) is 8.36. The van der Waals surface area contributed by atoms with Crippen LogP contribution in [0.5, 0.6) is 0 Å². The lowest BCUT2D eigenvalue weighted by Gasteiger charge is -2.39. The summed E-state index contributed by atoms with van der Waals surface area (Å²) in [5, 5.41) is 21.1. The number of aromatic nitrogens is 1. The van der Waals surface area contributed by atoms with E-state index in [9.17, 15) is 10.2 Å². The number of aliphatic hydroxyl groups is 2. The quantitative estimate of drug-likeness (QED) is 0.840. The second-order valence-electron chi connectivity index (χ2n) is 7.61. The van der Waals surface area contributed by atoms with E-state index in [1.165, 1.54) is 0 Å². The van der Waals surface area contributed by atoms with Gasteiger partial charge in [-0.15, -0.1) is 0 Å². The average molecular weight is 334 g/mol. The Bertz CT molecular complexity index is 711. The number of hydrogen-bond acceptors (Lipinski definition) is 6. The van der Waals surface area contributed by atoms with Crippen molar-refractivity contribution < 1.29 is 19.4 Å². The number of fused-ring (bicyclic) bond motifs is 1. The monoisotopic (exact) mass is 334 g/mol. The van der Waals surface area contributed by atoms with Gasteiger partial charge in [0.25, 0.3) is 0 Å². The predicted molar refractivity (Wildman–Crippen MR) is 90.3 cm³/mol. The van der Waals surface area contributed by atoms with Crippen molar-refractivity contribution in [1.29, 1.82) is 0 Å². The van der Waals surface area contributed by atoms with E-state index in [2.05, 4.69) is 4.98 Å². The molecule has 1 aliphatic rings. The first kappa shape index (κ1) is 17.4. The molecule has 1 unspecified atom stereocenters. The topological polar surface area (TPSA) is 79.0 Å². The molecule has 0 amide bonds. The molecule has 1 saturated heterocycles. The van der Waals surface area contributed by atoms with E-state index in [1.807, 2.05) is 50.8 Å². The van der Waals surface area contributed by atoms with Crippen LogP contribution in [0.4, 0.5) is 0 Å². The average Bonchev–Trinajstić information content (AvgIpc) is 2.90. The first-order valence-corrected chi connectivity index (χ1v) is 8.36. The van der Waals surface area contributed by atoms with Crippen LogP contribution in [0.2, 0.25) is 0 Å². The van der Waals surface area contributed by atoms with Gasteiger partial charge >= 0.3 is 0 Å². The molecule has 0 aliphatic carbocycles. The molecular weight excluding hydrogens is 308 g/mol. The maximum Gasteiger partial charge on any atom is 0.227 e. The van der Waals surface area contributed by atoms with E-state index >= 15 is 0 Å². The Kier molecular flexibility index (Phi) is 4.42. The zero-order valence-electron chi connectivity index (χ0n) is 14.7. The highest BCUT2D eigenvalue weighted by Gasteiger charge is 2.40. The van der Waals surface area contributed by atoms with E-state index in [-0.39, 0.29) is 0 Å². The van der Waals surface area contributed by atoms with Gasteiger partial charge in [0.15, 0.2) is 5.58 Å². The smallest absolute Gasteiger partial charge is 0.227 e. The fraction of sp³-hybridized carbons (Fsp3) is 0.611. The number of benzene rings is 1. The summed E-state index contributed by atoms with van der Waals surface area (Å²) in [5.74, 6) is 0.356. The molecule has 1 fully saturated rings. The summed E-state index contributed by atoms with van der Waals surface area (Å²) in [6.07, 6.45) is -0.104. The van der Waals surface area contributed by atoms with Crippen LogP contribution >= 0.6 is 0 Å². The van der Waals surface area contributed by atoms with E-state index in [0.29, 0.717) is 37.4 Å². The molecule has 0 saturated carbocycles. The normalized spacial score (nSPS) is 20.4. The van der Waals surface area contributed by atoms with Crippen molar-refractivity contribution >= 4 is 11.1 Å². The van der Waals surface area contributed by atoms with Crippen molar-refractivity contribution in [2.75, 3.05) is 13.1 Å². The maximum absolute atomic E-state index is 10.9. The second kappa shape index (κ2) is 6.11. The highest BCUT2D eigenvalue weighted by molar-refractivity contribution is 5.73. The molecule has 24 heavy (non-hydrogen) atoms. The largest absolute Gasteiger partial charge is 0.438 e. The van der Waals surface area contributed by atoms with Crippen LogP contribution in [-0.4, -0.2) is 45.2 Å².